The largest absolute Gasteiger partial charge is 0.294 e. The summed E-state index contributed by atoms with van der Waals surface area (Å²) in [5.41, 5.74) is 1.11. The lowest BCUT2D eigenvalue weighted by molar-refractivity contribution is 0.0991. The van der Waals surface area contributed by atoms with Gasteiger partial charge in [-0.3, -0.25) is 4.79 Å². The molecule has 19 heavy (non-hydrogen) atoms. The van der Waals surface area contributed by atoms with Gasteiger partial charge in [0.2, 0.25) is 0 Å². The first-order chi connectivity index (χ1) is 8.97. The second-order valence-corrected chi connectivity index (χ2v) is 5.22. The van der Waals surface area contributed by atoms with E-state index in [1.807, 2.05) is 0 Å². The van der Waals surface area contributed by atoms with Gasteiger partial charge >= 0.3 is 0 Å². The minimum absolute atomic E-state index is 0.0453. The third-order valence-corrected chi connectivity index (χ3v) is 3.33. The van der Waals surface area contributed by atoms with Gasteiger partial charge in [-0.25, -0.2) is 8.78 Å². The summed E-state index contributed by atoms with van der Waals surface area (Å²) in [7, 11) is 0. The normalized spacial score (nSPS) is 10.5. The van der Waals surface area contributed by atoms with E-state index in [9.17, 15) is 13.6 Å². The highest BCUT2D eigenvalue weighted by Gasteiger charge is 2.12. The lowest BCUT2D eigenvalue weighted by Crippen LogP contribution is -2.06. The molecule has 0 saturated carbocycles. The van der Waals surface area contributed by atoms with Crippen LogP contribution in [0, 0.1) is 18.6 Å². The van der Waals surface area contributed by atoms with E-state index in [0.717, 1.165) is 0 Å². The zero-order chi connectivity index (χ0) is 14.0. The third kappa shape index (κ3) is 3.26. The number of rotatable bonds is 3. The summed E-state index contributed by atoms with van der Waals surface area (Å²) in [6, 6.07) is 8.60. The van der Waals surface area contributed by atoms with Crippen LogP contribution in [0.15, 0.2) is 40.9 Å². The van der Waals surface area contributed by atoms with E-state index in [2.05, 4.69) is 15.9 Å². The van der Waals surface area contributed by atoms with Gasteiger partial charge in [-0.15, -0.1) is 0 Å². The lowest BCUT2D eigenvalue weighted by atomic mass is 10.0. The van der Waals surface area contributed by atoms with Crippen molar-refractivity contribution in [3.63, 3.8) is 0 Å². The minimum Gasteiger partial charge on any atom is -0.294 e. The van der Waals surface area contributed by atoms with Crippen molar-refractivity contribution in [3.8, 4) is 0 Å². The molecule has 0 radical (unpaired) electrons. The molecular formula is C15H11BrF2O. The highest BCUT2D eigenvalue weighted by molar-refractivity contribution is 9.10. The molecule has 1 nitrogen and oxygen atoms in total. The SMILES string of the molecule is Cc1cc(C(=O)Cc2cc(Br)ccc2F)ccc1F. The molecule has 98 valence electrons. The van der Waals surface area contributed by atoms with Gasteiger partial charge in [0.05, 0.1) is 0 Å². The number of hydrogen-bond donors (Lipinski definition) is 0. The van der Waals surface area contributed by atoms with Crippen LogP contribution in [-0.2, 0) is 6.42 Å². The molecule has 0 bridgehead atoms. The van der Waals surface area contributed by atoms with E-state index in [4.69, 9.17) is 0 Å². The first-order valence-electron chi connectivity index (χ1n) is 5.70. The molecule has 2 rings (SSSR count). The molecule has 2 aromatic rings. The lowest BCUT2D eigenvalue weighted by Gasteiger charge is -2.05. The van der Waals surface area contributed by atoms with E-state index < -0.39 is 5.82 Å². The van der Waals surface area contributed by atoms with E-state index in [1.54, 1.807) is 19.1 Å². The summed E-state index contributed by atoms with van der Waals surface area (Å²) < 4.78 is 27.4. The number of benzene rings is 2. The molecule has 0 aliphatic carbocycles. The Morgan fingerprint density at radius 3 is 2.47 bits per heavy atom. The van der Waals surface area contributed by atoms with Crippen molar-refractivity contribution in [2.24, 2.45) is 0 Å². The molecule has 0 spiro atoms. The van der Waals surface area contributed by atoms with Crippen LogP contribution in [0.25, 0.3) is 0 Å². The zero-order valence-corrected chi connectivity index (χ0v) is 11.8. The Morgan fingerprint density at radius 1 is 1.11 bits per heavy atom. The monoisotopic (exact) mass is 324 g/mol. The minimum atomic E-state index is -0.421. The molecule has 0 aliphatic rings. The molecule has 0 fully saturated rings. The average molecular weight is 325 g/mol. The standard InChI is InChI=1S/C15H11BrF2O/c1-9-6-10(2-4-13(9)17)15(19)8-11-7-12(16)3-5-14(11)18/h2-7H,8H2,1H3. The van der Waals surface area contributed by atoms with Crippen molar-refractivity contribution in [1.29, 1.82) is 0 Å². The van der Waals surface area contributed by atoms with Gasteiger partial charge in [-0.1, -0.05) is 15.9 Å². The highest BCUT2D eigenvalue weighted by Crippen LogP contribution is 2.18. The number of hydrogen-bond acceptors (Lipinski definition) is 1. The molecule has 0 atom stereocenters. The number of aryl methyl sites for hydroxylation is 1. The first-order valence-corrected chi connectivity index (χ1v) is 6.50. The van der Waals surface area contributed by atoms with E-state index in [0.29, 0.717) is 21.2 Å². The fourth-order valence-electron chi connectivity index (χ4n) is 1.77. The molecule has 0 aliphatic heterocycles. The van der Waals surface area contributed by atoms with Gasteiger partial charge in [0, 0.05) is 16.5 Å². The summed E-state index contributed by atoms with van der Waals surface area (Å²) in [4.78, 5) is 12.0. The van der Waals surface area contributed by atoms with Crippen molar-refractivity contribution in [2.45, 2.75) is 13.3 Å². The van der Waals surface area contributed by atoms with E-state index >= 15 is 0 Å². The van der Waals surface area contributed by atoms with Crippen LogP contribution in [0.1, 0.15) is 21.5 Å². The maximum absolute atomic E-state index is 13.6. The van der Waals surface area contributed by atoms with Gasteiger partial charge in [-0.05, 0) is 54.4 Å². The Morgan fingerprint density at radius 2 is 1.79 bits per heavy atom. The van der Waals surface area contributed by atoms with Gasteiger partial charge < -0.3 is 0 Å². The van der Waals surface area contributed by atoms with Crippen LogP contribution in [-0.4, -0.2) is 5.78 Å². The summed E-state index contributed by atoms with van der Waals surface area (Å²) in [6.45, 7) is 1.59. The topological polar surface area (TPSA) is 17.1 Å². The second kappa shape index (κ2) is 5.61. The zero-order valence-electron chi connectivity index (χ0n) is 10.2. The third-order valence-electron chi connectivity index (χ3n) is 2.84. The Kier molecular flexibility index (Phi) is 4.10. The molecular weight excluding hydrogens is 314 g/mol. The maximum atomic E-state index is 13.6. The summed E-state index contributed by atoms with van der Waals surface area (Å²) in [5.74, 6) is -1.01. The molecule has 0 amide bonds. The molecule has 0 heterocycles. The number of Topliss-reactive ketones (excluding diaryl/α,β-unsaturated/α-hetero) is 1. The van der Waals surface area contributed by atoms with Gasteiger partial charge in [0.15, 0.2) is 5.78 Å². The molecule has 0 saturated heterocycles. The van der Waals surface area contributed by atoms with Gasteiger partial charge in [0.1, 0.15) is 11.6 Å². The Hall–Kier alpha value is -1.55. The Balaban J connectivity index is 2.25. The summed E-state index contributed by atoms with van der Waals surface area (Å²) in [6.07, 6.45) is -0.0453. The smallest absolute Gasteiger partial charge is 0.167 e. The molecule has 4 heteroatoms. The Labute approximate surface area is 118 Å². The molecule has 2 aromatic carbocycles. The number of ketones is 1. The average Bonchev–Trinajstić information content (AvgIpc) is 2.37. The van der Waals surface area contributed by atoms with Crippen molar-refractivity contribution >= 4 is 21.7 Å². The maximum Gasteiger partial charge on any atom is 0.167 e. The summed E-state index contributed by atoms with van der Waals surface area (Å²) >= 11 is 3.24. The van der Waals surface area contributed by atoms with Crippen molar-refractivity contribution < 1.29 is 13.6 Å². The fourth-order valence-corrected chi connectivity index (χ4v) is 2.18. The molecule has 0 aromatic heterocycles. The van der Waals surface area contributed by atoms with Crippen molar-refractivity contribution in [3.05, 3.63) is 69.2 Å². The molecule has 0 N–H and O–H groups in total. The van der Waals surface area contributed by atoms with Crippen LogP contribution in [0.2, 0.25) is 0 Å². The highest BCUT2D eigenvalue weighted by atomic mass is 79.9. The number of carbonyl (C=O) groups is 1. The van der Waals surface area contributed by atoms with Crippen LogP contribution >= 0.6 is 15.9 Å². The van der Waals surface area contributed by atoms with Crippen molar-refractivity contribution in [1.82, 2.24) is 0 Å². The van der Waals surface area contributed by atoms with E-state index in [1.165, 1.54) is 24.3 Å². The van der Waals surface area contributed by atoms with Crippen LogP contribution in [0.5, 0.6) is 0 Å². The predicted octanol–water partition coefficient (Wildman–Crippen LogP) is 4.46. The quantitative estimate of drug-likeness (QED) is 0.762. The number of halogens is 3. The van der Waals surface area contributed by atoms with Crippen molar-refractivity contribution in [2.75, 3.05) is 0 Å². The molecule has 0 unspecified atom stereocenters. The number of carbonyl (C=O) groups excluding carboxylic acids is 1. The van der Waals surface area contributed by atoms with Gasteiger partial charge in [0.25, 0.3) is 0 Å². The second-order valence-electron chi connectivity index (χ2n) is 4.30. The van der Waals surface area contributed by atoms with Crippen LogP contribution in [0.4, 0.5) is 8.78 Å². The van der Waals surface area contributed by atoms with Crippen LogP contribution in [0.3, 0.4) is 0 Å². The summed E-state index contributed by atoms with van der Waals surface area (Å²) in [5, 5.41) is 0. The van der Waals surface area contributed by atoms with Crippen LogP contribution < -0.4 is 0 Å². The first kappa shape index (κ1) is 13.9. The predicted molar refractivity (Wildman–Crippen MR) is 73.3 cm³/mol. The fraction of sp³-hybridized carbons (Fsp3) is 0.133. The Bertz CT molecular complexity index is 638. The van der Waals surface area contributed by atoms with E-state index in [-0.39, 0.29) is 18.0 Å². The van der Waals surface area contributed by atoms with Gasteiger partial charge in [-0.2, -0.15) is 0 Å².